The van der Waals surface area contributed by atoms with Crippen molar-refractivity contribution in [1.29, 1.82) is 0 Å². The highest BCUT2D eigenvalue weighted by molar-refractivity contribution is 4.91. The molecule has 3 rings (SSSR count). The molecule has 18 heavy (non-hydrogen) atoms. The molecule has 0 N–H and O–H groups in total. The summed E-state index contributed by atoms with van der Waals surface area (Å²) < 4.78 is 0. The number of rotatable bonds is 0. The normalized spacial score (nSPS) is 38.0. The molecule has 3 aliphatic carbocycles. The third-order valence-electron chi connectivity index (χ3n) is 5.39. The van der Waals surface area contributed by atoms with Gasteiger partial charge in [-0.05, 0) is 49.4 Å². The summed E-state index contributed by atoms with van der Waals surface area (Å²) >= 11 is 0. The van der Waals surface area contributed by atoms with Crippen LogP contribution in [0, 0.1) is 23.7 Å². The van der Waals surface area contributed by atoms with Crippen LogP contribution in [0.5, 0.6) is 0 Å². The van der Waals surface area contributed by atoms with Gasteiger partial charge in [0.15, 0.2) is 0 Å². The van der Waals surface area contributed by atoms with Crippen molar-refractivity contribution < 1.29 is 0 Å². The maximum absolute atomic E-state index is 2.00. The fourth-order valence-electron chi connectivity index (χ4n) is 4.74. The molecule has 3 aliphatic rings. The van der Waals surface area contributed by atoms with Crippen molar-refractivity contribution >= 4 is 0 Å². The molecule has 0 heteroatoms. The molecule has 0 saturated heterocycles. The van der Waals surface area contributed by atoms with E-state index in [4.69, 9.17) is 0 Å². The van der Waals surface area contributed by atoms with E-state index in [2.05, 4.69) is 0 Å². The molecule has 108 valence electrons. The zero-order valence-electron chi connectivity index (χ0n) is 13.4. The molecule has 0 bridgehead atoms. The quantitative estimate of drug-likeness (QED) is 0.465. The Bertz CT molecular complexity index is 174. The SMILES string of the molecule is C1CCC2C(C1)CCC1CCCCC12.CC.CC. The van der Waals surface area contributed by atoms with Gasteiger partial charge in [0, 0.05) is 0 Å². The summed E-state index contributed by atoms with van der Waals surface area (Å²) in [4.78, 5) is 0. The topological polar surface area (TPSA) is 0 Å². The van der Waals surface area contributed by atoms with Gasteiger partial charge in [-0.2, -0.15) is 0 Å². The van der Waals surface area contributed by atoms with Crippen molar-refractivity contribution in [2.24, 2.45) is 23.7 Å². The van der Waals surface area contributed by atoms with Gasteiger partial charge in [0.2, 0.25) is 0 Å². The maximum atomic E-state index is 2.00. The lowest BCUT2D eigenvalue weighted by Crippen LogP contribution is -2.38. The van der Waals surface area contributed by atoms with Crippen LogP contribution in [-0.4, -0.2) is 0 Å². The monoisotopic (exact) mass is 252 g/mol. The molecule has 3 saturated carbocycles. The molecule has 0 nitrogen and oxygen atoms in total. The molecule has 0 aliphatic heterocycles. The summed E-state index contributed by atoms with van der Waals surface area (Å²) in [6.07, 6.45) is 15.7. The van der Waals surface area contributed by atoms with Crippen LogP contribution in [0.2, 0.25) is 0 Å². The Kier molecular flexibility index (Phi) is 8.02. The molecule has 4 atom stereocenters. The van der Waals surface area contributed by atoms with Crippen molar-refractivity contribution in [1.82, 2.24) is 0 Å². The Morgan fingerprint density at radius 2 is 0.778 bits per heavy atom. The van der Waals surface area contributed by atoms with Crippen LogP contribution in [0.3, 0.4) is 0 Å². The minimum absolute atomic E-state index is 1.16. The van der Waals surface area contributed by atoms with E-state index < -0.39 is 0 Å². The first-order valence-electron chi connectivity index (χ1n) is 8.95. The zero-order valence-corrected chi connectivity index (χ0v) is 13.4. The second kappa shape index (κ2) is 8.99. The summed E-state index contributed by atoms with van der Waals surface area (Å²) in [7, 11) is 0. The van der Waals surface area contributed by atoms with Gasteiger partial charge < -0.3 is 0 Å². The van der Waals surface area contributed by atoms with Gasteiger partial charge in [-0.3, -0.25) is 0 Å². The van der Waals surface area contributed by atoms with Crippen LogP contribution in [0.1, 0.15) is 91.9 Å². The fourth-order valence-corrected chi connectivity index (χ4v) is 4.74. The Hall–Kier alpha value is 0. The van der Waals surface area contributed by atoms with Crippen LogP contribution in [-0.2, 0) is 0 Å². The average molecular weight is 252 g/mol. The molecule has 0 aromatic rings. The lowest BCUT2D eigenvalue weighted by Gasteiger charge is -2.48. The highest BCUT2D eigenvalue weighted by atomic mass is 14.5. The van der Waals surface area contributed by atoms with Crippen LogP contribution in [0.15, 0.2) is 0 Å². The fraction of sp³-hybridized carbons (Fsp3) is 1.00. The van der Waals surface area contributed by atoms with E-state index in [9.17, 15) is 0 Å². The number of hydrogen-bond acceptors (Lipinski definition) is 0. The summed E-state index contributed by atoms with van der Waals surface area (Å²) in [6, 6.07) is 0. The molecule has 4 unspecified atom stereocenters. The first-order chi connectivity index (χ1) is 8.95. The average Bonchev–Trinajstić information content (AvgIpc) is 2.51. The highest BCUT2D eigenvalue weighted by Crippen LogP contribution is 2.51. The molecule has 3 fully saturated rings. The second-order valence-electron chi connectivity index (χ2n) is 5.99. The van der Waals surface area contributed by atoms with Crippen LogP contribution in [0.4, 0.5) is 0 Å². The Balaban J connectivity index is 0.000000371. The van der Waals surface area contributed by atoms with E-state index in [0.29, 0.717) is 0 Å². The maximum Gasteiger partial charge on any atom is -0.0355 e. The van der Waals surface area contributed by atoms with Gasteiger partial charge in [-0.15, -0.1) is 0 Å². The molecular weight excluding hydrogens is 216 g/mol. The van der Waals surface area contributed by atoms with Crippen molar-refractivity contribution in [3.63, 3.8) is 0 Å². The largest absolute Gasteiger partial charge is 0.0683 e. The lowest BCUT2D eigenvalue weighted by atomic mass is 9.58. The van der Waals surface area contributed by atoms with Crippen LogP contribution >= 0.6 is 0 Å². The van der Waals surface area contributed by atoms with E-state index in [0.717, 1.165) is 11.8 Å². The summed E-state index contributed by atoms with van der Waals surface area (Å²) in [5, 5.41) is 0. The summed E-state index contributed by atoms with van der Waals surface area (Å²) in [5.41, 5.74) is 0. The van der Waals surface area contributed by atoms with Crippen LogP contribution < -0.4 is 0 Å². The first-order valence-corrected chi connectivity index (χ1v) is 8.95. The molecular formula is C18H36. The summed E-state index contributed by atoms with van der Waals surface area (Å²) in [5.74, 6) is 4.65. The zero-order chi connectivity index (χ0) is 13.4. The highest BCUT2D eigenvalue weighted by Gasteiger charge is 2.40. The van der Waals surface area contributed by atoms with Crippen molar-refractivity contribution in [3.05, 3.63) is 0 Å². The minimum Gasteiger partial charge on any atom is -0.0683 e. The molecule has 0 heterocycles. The molecule has 0 amide bonds. The molecule has 0 aromatic carbocycles. The van der Waals surface area contributed by atoms with Gasteiger partial charge in [0.05, 0.1) is 0 Å². The first kappa shape index (κ1) is 16.1. The van der Waals surface area contributed by atoms with Crippen LogP contribution in [0.25, 0.3) is 0 Å². The molecule has 0 spiro atoms. The predicted molar refractivity (Wildman–Crippen MR) is 82.8 cm³/mol. The Morgan fingerprint density at radius 3 is 1.17 bits per heavy atom. The van der Waals surface area contributed by atoms with E-state index in [1.165, 1.54) is 11.8 Å². The van der Waals surface area contributed by atoms with Gasteiger partial charge in [0.1, 0.15) is 0 Å². The number of hydrogen-bond donors (Lipinski definition) is 0. The van der Waals surface area contributed by atoms with Gasteiger partial charge in [-0.25, -0.2) is 0 Å². The van der Waals surface area contributed by atoms with Crippen molar-refractivity contribution in [2.75, 3.05) is 0 Å². The van der Waals surface area contributed by atoms with E-state index in [-0.39, 0.29) is 0 Å². The molecule has 0 radical (unpaired) electrons. The summed E-state index contributed by atoms with van der Waals surface area (Å²) in [6.45, 7) is 8.00. The van der Waals surface area contributed by atoms with Gasteiger partial charge in [-0.1, -0.05) is 66.2 Å². The predicted octanol–water partition coefficient (Wildman–Crippen LogP) is 6.45. The standard InChI is InChI=1S/C14H24.2C2H6/c1-3-7-13-11(5-1)9-10-12-6-2-4-8-14(12)13;2*1-2/h11-14H,1-10H2;2*1-2H3. The van der Waals surface area contributed by atoms with E-state index in [1.54, 1.807) is 64.2 Å². The third kappa shape index (κ3) is 3.75. The minimum atomic E-state index is 1.16. The van der Waals surface area contributed by atoms with Gasteiger partial charge >= 0.3 is 0 Å². The van der Waals surface area contributed by atoms with Gasteiger partial charge in [0.25, 0.3) is 0 Å². The number of fused-ring (bicyclic) bond motifs is 3. The van der Waals surface area contributed by atoms with E-state index in [1.807, 2.05) is 27.7 Å². The van der Waals surface area contributed by atoms with E-state index >= 15 is 0 Å². The Morgan fingerprint density at radius 1 is 0.444 bits per heavy atom. The lowest BCUT2D eigenvalue weighted by molar-refractivity contribution is 0.0278. The molecule has 0 aromatic heterocycles. The third-order valence-corrected chi connectivity index (χ3v) is 5.39. The van der Waals surface area contributed by atoms with Crippen molar-refractivity contribution in [2.45, 2.75) is 91.9 Å². The second-order valence-corrected chi connectivity index (χ2v) is 5.99. The smallest absolute Gasteiger partial charge is 0.0355 e. The Labute approximate surface area is 116 Å². The van der Waals surface area contributed by atoms with Crippen molar-refractivity contribution in [3.8, 4) is 0 Å².